The Labute approximate surface area is 230 Å². The zero-order valence-corrected chi connectivity index (χ0v) is 22.6. The van der Waals surface area contributed by atoms with E-state index in [4.69, 9.17) is 0 Å². The number of piperazine rings is 1. The van der Waals surface area contributed by atoms with E-state index in [-0.39, 0.29) is 17.0 Å². The van der Waals surface area contributed by atoms with Gasteiger partial charge in [-0.1, -0.05) is 42.5 Å². The Morgan fingerprint density at radius 1 is 0.923 bits per heavy atom. The third kappa shape index (κ3) is 5.73. The number of nitrogens with zero attached hydrogens (tertiary/aromatic N) is 3. The SMILES string of the molecule is CC(C)(Sc1ccccc1)C(=O)N1CCN(C(=O)c2cc(Cc3n[nH]c(=O)c4ccccc34)ccc2F)CC1. The molecule has 1 saturated heterocycles. The topological polar surface area (TPSA) is 86.4 Å². The van der Waals surface area contributed by atoms with Crippen molar-refractivity contribution < 1.29 is 14.0 Å². The van der Waals surface area contributed by atoms with Gasteiger partial charge in [-0.2, -0.15) is 5.10 Å². The summed E-state index contributed by atoms with van der Waals surface area (Å²) in [7, 11) is 0. The third-order valence-electron chi connectivity index (χ3n) is 6.89. The van der Waals surface area contributed by atoms with E-state index in [9.17, 15) is 18.8 Å². The zero-order chi connectivity index (χ0) is 27.6. The summed E-state index contributed by atoms with van der Waals surface area (Å²) >= 11 is 1.51. The highest BCUT2D eigenvalue weighted by atomic mass is 32.2. The summed E-state index contributed by atoms with van der Waals surface area (Å²) in [6.07, 6.45) is 0.328. The zero-order valence-electron chi connectivity index (χ0n) is 21.8. The lowest BCUT2D eigenvalue weighted by Gasteiger charge is -2.38. The Morgan fingerprint density at radius 2 is 1.56 bits per heavy atom. The van der Waals surface area contributed by atoms with Gasteiger partial charge in [-0.25, -0.2) is 9.49 Å². The first kappa shape index (κ1) is 26.6. The summed E-state index contributed by atoms with van der Waals surface area (Å²) < 4.78 is 14.2. The quantitative estimate of drug-likeness (QED) is 0.361. The number of nitrogens with one attached hydrogen (secondary N) is 1. The number of amides is 2. The third-order valence-corrected chi connectivity index (χ3v) is 8.09. The van der Waals surface area contributed by atoms with Crippen LogP contribution in [0.15, 0.2) is 82.5 Å². The summed E-state index contributed by atoms with van der Waals surface area (Å²) in [5.41, 5.74) is 1.06. The summed E-state index contributed by atoms with van der Waals surface area (Å²) in [5.74, 6) is -0.988. The number of aromatic nitrogens is 2. The molecule has 7 nitrogen and oxygen atoms in total. The van der Waals surface area contributed by atoms with Crippen LogP contribution in [0.4, 0.5) is 4.39 Å². The Hall–Kier alpha value is -3.98. The first-order valence-corrected chi connectivity index (χ1v) is 13.6. The average Bonchev–Trinajstić information content (AvgIpc) is 2.95. The number of aromatic amines is 1. The molecular weight excluding hydrogens is 515 g/mol. The van der Waals surface area contributed by atoms with Crippen molar-refractivity contribution in [1.29, 1.82) is 0 Å². The molecule has 0 aliphatic carbocycles. The first-order valence-electron chi connectivity index (χ1n) is 12.8. The number of halogens is 1. The van der Waals surface area contributed by atoms with Gasteiger partial charge in [0.05, 0.1) is 21.4 Å². The monoisotopic (exact) mass is 544 g/mol. The maximum Gasteiger partial charge on any atom is 0.272 e. The molecule has 1 aliphatic heterocycles. The molecule has 0 radical (unpaired) electrons. The van der Waals surface area contributed by atoms with Gasteiger partial charge >= 0.3 is 0 Å². The normalized spacial score (nSPS) is 14.0. The van der Waals surface area contributed by atoms with Crippen LogP contribution in [0, 0.1) is 5.82 Å². The molecule has 1 N–H and O–H groups in total. The molecule has 2 heterocycles. The summed E-state index contributed by atoms with van der Waals surface area (Å²) in [5, 5.41) is 7.95. The van der Waals surface area contributed by atoms with Crippen molar-refractivity contribution >= 4 is 34.3 Å². The number of benzene rings is 3. The first-order chi connectivity index (χ1) is 18.7. The molecule has 0 bridgehead atoms. The predicted octanol–water partition coefficient (Wildman–Crippen LogP) is 4.51. The molecule has 200 valence electrons. The van der Waals surface area contributed by atoms with E-state index in [1.54, 1.807) is 34.1 Å². The summed E-state index contributed by atoms with van der Waals surface area (Å²) in [6, 6.07) is 21.4. The molecule has 9 heteroatoms. The van der Waals surface area contributed by atoms with Crippen molar-refractivity contribution in [3.05, 3.63) is 106 Å². The van der Waals surface area contributed by atoms with Gasteiger partial charge in [0.2, 0.25) is 5.91 Å². The van der Waals surface area contributed by atoms with E-state index >= 15 is 0 Å². The number of fused-ring (bicyclic) bond motifs is 1. The molecule has 0 saturated carbocycles. The fourth-order valence-corrected chi connectivity index (χ4v) is 5.94. The molecule has 1 fully saturated rings. The number of rotatable bonds is 6. The van der Waals surface area contributed by atoms with Crippen LogP contribution < -0.4 is 5.56 Å². The second kappa shape index (κ2) is 11.0. The number of thioether (sulfide) groups is 1. The van der Waals surface area contributed by atoms with Crippen LogP contribution >= 0.6 is 11.8 Å². The Bertz CT molecular complexity index is 1580. The van der Waals surface area contributed by atoms with Crippen LogP contribution in [0.5, 0.6) is 0 Å². The molecular formula is C30H29FN4O3S. The minimum absolute atomic E-state index is 0.0114. The van der Waals surface area contributed by atoms with Gasteiger partial charge in [0, 0.05) is 42.9 Å². The molecule has 3 aromatic carbocycles. The van der Waals surface area contributed by atoms with E-state index < -0.39 is 16.5 Å². The van der Waals surface area contributed by atoms with Gasteiger partial charge in [-0.15, -0.1) is 11.8 Å². The largest absolute Gasteiger partial charge is 0.338 e. The number of carbonyl (C=O) groups excluding carboxylic acids is 2. The lowest BCUT2D eigenvalue weighted by molar-refractivity contribution is -0.134. The highest BCUT2D eigenvalue weighted by Crippen LogP contribution is 2.34. The number of hydrogen-bond donors (Lipinski definition) is 1. The van der Waals surface area contributed by atoms with Crippen molar-refractivity contribution in [2.45, 2.75) is 29.9 Å². The maximum absolute atomic E-state index is 14.8. The highest BCUT2D eigenvalue weighted by Gasteiger charge is 2.35. The lowest BCUT2D eigenvalue weighted by Crippen LogP contribution is -2.54. The molecule has 5 rings (SSSR count). The van der Waals surface area contributed by atoms with Crippen LogP contribution in [0.2, 0.25) is 0 Å². The lowest BCUT2D eigenvalue weighted by atomic mass is 10.0. The van der Waals surface area contributed by atoms with Crippen LogP contribution in [0.1, 0.15) is 35.5 Å². The molecule has 4 aromatic rings. The van der Waals surface area contributed by atoms with E-state index in [1.807, 2.05) is 56.3 Å². The van der Waals surface area contributed by atoms with Crippen molar-refractivity contribution in [1.82, 2.24) is 20.0 Å². The molecule has 0 atom stereocenters. The van der Waals surface area contributed by atoms with Crippen LogP contribution in [0.25, 0.3) is 10.8 Å². The standard InChI is InChI=1S/C30H29FN4O3S/c1-30(2,39-21-8-4-3-5-9-21)29(38)35-16-14-34(15-17-35)28(37)24-18-20(12-13-25(24)31)19-26-22-10-6-7-11-23(22)27(36)33-32-26/h3-13,18H,14-17,19H2,1-2H3,(H,33,36). The van der Waals surface area contributed by atoms with Crippen LogP contribution in [-0.2, 0) is 11.2 Å². The van der Waals surface area contributed by atoms with Gasteiger partial charge in [0.15, 0.2) is 0 Å². The fourth-order valence-electron chi connectivity index (χ4n) is 4.84. The van der Waals surface area contributed by atoms with Crippen molar-refractivity contribution in [2.24, 2.45) is 0 Å². The molecule has 39 heavy (non-hydrogen) atoms. The fraction of sp³-hybridized carbons (Fsp3) is 0.267. The van der Waals surface area contributed by atoms with Crippen molar-refractivity contribution in [3.63, 3.8) is 0 Å². The average molecular weight is 545 g/mol. The minimum atomic E-state index is -0.659. The number of carbonyl (C=O) groups is 2. The van der Waals surface area contributed by atoms with Crippen molar-refractivity contribution in [3.8, 4) is 0 Å². The maximum atomic E-state index is 14.8. The van der Waals surface area contributed by atoms with Gasteiger partial charge < -0.3 is 9.80 Å². The Balaban J connectivity index is 1.27. The minimum Gasteiger partial charge on any atom is -0.338 e. The smallest absolute Gasteiger partial charge is 0.272 e. The van der Waals surface area contributed by atoms with E-state index in [0.29, 0.717) is 54.6 Å². The molecule has 0 spiro atoms. The Kier molecular flexibility index (Phi) is 7.52. The number of H-pyrrole nitrogens is 1. The van der Waals surface area contributed by atoms with Gasteiger partial charge in [0.1, 0.15) is 5.82 Å². The summed E-state index contributed by atoms with van der Waals surface area (Å²) in [6.45, 7) is 5.24. The Morgan fingerprint density at radius 3 is 2.28 bits per heavy atom. The van der Waals surface area contributed by atoms with Gasteiger partial charge in [-0.3, -0.25) is 14.4 Å². The van der Waals surface area contributed by atoms with Gasteiger partial charge in [-0.05, 0) is 49.7 Å². The molecule has 1 aromatic heterocycles. The van der Waals surface area contributed by atoms with Crippen LogP contribution in [-0.4, -0.2) is 62.7 Å². The van der Waals surface area contributed by atoms with E-state index in [2.05, 4.69) is 10.2 Å². The summed E-state index contributed by atoms with van der Waals surface area (Å²) in [4.78, 5) is 43.1. The van der Waals surface area contributed by atoms with Crippen LogP contribution in [0.3, 0.4) is 0 Å². The second-order valence-corrected chi connectivity index (χ2v) is 11.7. The second-order valence-electron chi connectivity index (χ2n) is 10.0. The molecule has 2 amide bonds. The van der Waals surface area contributed by atoms with E-state index in [1.165, 1.54) is 17.8 Å². The van der Waals surface area contributed by atoms with Gasteiger partial charge in [0.25, 0.3) is 11.5 Å². The number of hydrogen-bond acceptors (Lipinski definition) is 5. The predicted molar refractivity (Wildman–Crippen MR) is 150 cm³/mol. The van der Waals surface area contributed by atoms with E-state index in [0.717, 1.165) is 4.90 Å². The highest BCUT2D eigenvalue weighted by molar-refractivity contribution is 8.01. The van der Waals surface area contributed by atoms with Crippen molar-refractivity contribution in [2.75, 3.05) is 26.2 Å². The molecule has 0 unspecified atom stereocenters. The molecule has 1 aliphatic rings.